The van der Waals surface area contributed by atoms with Crippen molar-refractivity contribution >= 4 is 38.9 Å². The smallest absolute Gasteiger partial charge is 0.174 e. The van der Waals surface area contributed by atoms with Crippen LogP contribution in [0.5, 0.6) is 0 Å². The Balaban J connectivity index is 1.60. The Hall–Kier alpha value is -2.96. The Morgan fingerprint density at radius 2 is 1.84 bits per heavy atom. The monoisotopic (exact) mass is 489 g/mol. The van der Waals surface area contributed by atoms with Gasteiger partial charge in [0.1, 0.15) is 17.6 Å². The molecule has 2 aromatic heterocycles. The molecule has 0 bridgehead atoms. The molecule has 31 heavy (non-hydrogen) atoms. The van der Waals surface area contributed by atoms with Gasteiger partial charge in [0.15, 0.2) is 5.11 Å². The maximum Gasteiger partial charge on any atom is 0.174 e. The first kappa shape index (κ1) is 20.0. The van der Waals surface area contributed by atoms with E-state index in [0.717, 1.165) is 32.9 Å². The van der Waals surface area contributed by atoms with Gasteiger partial charge in [-0.05, 0) is 73.2 Å². The number of aryl methyl sites for hydroxylation is 1. The molecule has 1 aliphatic rings. The van der Waals surface area contributed by atoms with Gasteiger partial charge in [-0.1, -0.05) is 46.3 Å². The zero-order valence-corrected chi connectivity index (χ0v) is 19.2. The number of anilines is 1. The van der Waals surface area contributed by atoms with Gasteiger partial charge in [-0.25, -0.2) is 0 Å². The predicted molar refractivity (Wildman–Crippen MR) is 131 cm³/mol. The van der Waals surface area contributed by atoms with Crippen LogP contribution >= 0.6 is 28.1 Å². The molecule has 4 aromatic rings. The van der Waals surface area contributed by atoms with E-state index in [2.05, 4.69) is 56.3 Å². The molecule has 2 aromatic carbocycles. The number of furan rings is 1. The second-order valence-electron chi connectivity index (χ2n) is 7.54. The summed E-state index contributed by atoms with van der Waals surface area (Å²) in [5.74, 6) is 1.66. The van der Waals surface area contributed by atoms with Crippen molar-refractivity contribution in [2.75, 3.05) is 4.90 Å². The van der Waals surface area contributed by atoms with E-state index in [0.29, 0.717) is 5.11 Å². The van der Waals surface area contributed by atoms with Gasteiger partial charge >= 0.3 is 0 Å². The molecular formula is C25H20BrN3OS. The highest BCUT2D eigenvalue weighted by Crippen LogP contribution is 2.43. The third-order valence-corrected chi connectivity index (χ3v) is 6.27. The van der Waals surface area contributed by atoms with Crippen LogP contribution in [0.2, 0.25) is 0 Å². The topological polar surface area (TPSA) is 41.3 Å². The molecule has 5 rings (SSSR count). The minimum absolute atomic E-state index is 0.127. The molecule has 2 unspecified atom stereocenters. The zero-order valence-electron chi connectivity index (χ0n) is 16.8. The summed E-state index contributed by atoms with van der Waals surface area (Å²) in [6.45, 7) is 2.08. The number of pyridine rings is 1. The lowest BCUT2D eigenvalue weighted by Crippen LogP contribution is -2.29. The lowest BCUT2D eigenvalue weighted by atomic mass is 10.0. The highest BCUT2D eigenvalue weighted by Gasteiger charge is 2.42. The van der Waals surface area contributed by atoms with Crippen LogP contribution in [0.4, 0.5) is 5.69 Å². The van der Waals surface area contributed by atoms with Gasteiger partial charge in [0.2, 0.25) is 0 Å². The molecule has 2 atom stereocenters. The summed E-state index contributed by atoms with van der Waals surface area (Å²) in [6.07, 6.45) is 1.81. The molecule has 4 nitrogen and oxygen atoms in total. The van der Waals surface area contributed by atoms with Crippen molar-refractivity contribution in [1.29, 1.82) is 0 Å². The summed E-state index contributed by atoms with van der Waals surface area (Å²) in [6, 6.07) is 26.2. The first-order valence-electron chi connectivity index (χ1n) is 10.0. The second kappa shape index (κ2) is 8.29. The number of halogens is 1. The second-order valence-corrected chi connectivity index (χ2v) is 8.85. The van der Waals surface area contributed by atoms with E-state index in [-0.39, 0.29) is 12.1 Å². The van der Waals surface area contributed by atoms with Crippen molar-refractivity contribution < 1.29 is 4.42 Å². The number of hydrogen-bond donors (Lipinski definition) is 1. The molecule has 1 saturated heterocycles. The third-order valence-electron chi connectivity index (χ3n) is 5.42. The van der Waals surface area contributed by atoms with Crippen LogP contribution in [0, 0.1) is 6.92 Å². The third kappa shape index (κ3) is 3.89. The van der Waals surface area contributed by atoms with Gasteiger partial charge in [0.05, 0.1) is 11.7 Å². The maximum atomic E-state index is 6.39. The van der Waals surface area contributed by atoms with Crippen molar-refractivity contribution in [3.8, 4) is 11.3 Å². The van der Waals surface area contributed by atoms with Crippen LogP contribution in [0.1, 0.15) is 29.1 Å². The summed E-state index contributed by atoms with van der Waals surface area (Å²) < 4.78 is 7.43. The van der Waals surface area contributed by atoms with E-state index < -0.39 is 0 Å². The van der Waals surface area contributed by atoms with Crippen molar-refractivity contribution in [3.63, 3.8) is 0 Å². The standard InChI is InChI=1S/C25H20BrN3OS/c1-16-5-4-6-19(15-16)29-24(23(28-25(29)31)20-7-2-3-14-27-20)22-13-12-21(30-22)17-8-10-18(26)11-9-17/h2-15,23-24H,1H3,(H,28,31). The van der Waals surface area contributed by atoms with Crippen LogP contribution in [0.15, 0.2) is 93.9 Å². The number of hydrogen-bond acceptors (Lipinski definition) is 3. The highest BCUT2D eigenvalue weighted by atomic mass is 79.9. The average Bonchev–Trinajstić information content (AvgIpc) is 3.39. The molecular weight excluding hydrogens is 470 g/mol. The van der Waals surface area contributed by atoms with E-state index in [1.54, 1.807) is 0 Å². The van der Waals surface area contributed by atoms with E-state index in [1.807, 2.05) is 66.9 Å². The van der Waals surface area contributed by atoms with Crippen molar-refractivity contribution in [2.45, 2.75) is 19.0 Å². The summed E-state index contributed by atoms with van der Waals surface area (Å²) in [7, 11) is 0. The number of thiocarbonyl (C=S) groups is 1. The lowest BCUT2D eigenvalue weighted by molar-refractivity contribution is 0.439. The van der Waals surface area contributed by atoms with Gasteiger partial charge in [0.25, 0.3) is 0 Å². The summed E-state index contributed by atoms with van der Waals surface area (Å²) in [4.78, 5) is 6.73. The molecule has 0 radical (unpaired) electrons. The Labute approximate surface area is 195 Å². The Bertz CT molecular complexity index is 1220. The van der Waals surface area contributed by atoms with Crippen molar-refractivity contribution in [3.05, 3.63) is 107 Å². The van der Waals surface area contributed by atoms with Gasteiger partial charge in [-0.15, -0.1) is 0 Å². The van der Waals surface area contributed by atoms with E-state index in [4.69, 9.17) is 16.6 Å². The highest BCUT2D eigenvalue weighted by molar-refractivity contribution is 9.10. The maximum absolute atomic E-state index is 6.39. The predicted octanol–water partition coefficient (Wildman–Crippen LogP) is 6.59. The van der Waals surface area contributed by atoms with Crippen LogP contribution < -0.4 is 10.2 Å². The quantitative estimate of drug-likeness (QED) is 0.327. The number of rotatable bonds is 4. The molecule has 6 heteroatoms. The first-order chi connectivity index (χ1) is 15.1. The number of nitrogens with one attached hydrogen (secondary N) is 1. The molecule has 3 heterocycles. The molecule has 0 spiro atoms. The van der Waals surface area contributed by atoms with Crippen LogP contribution in [0.25, 0.3) is 11.3 Å². The Morgan fingerprint density at radius 3 is 2.58 bits per heavy atom. The summed E-state index contributed by atoms with van der Waals surface area (Å²) in [5, 5.41) is 4.13. The number of nitrogens with zero attached hydrogens (tertiary/aromatic N) is 2. The average molecular weight is 490 g/mol. The first-order valence-corrected chi connectivity index (χ1v) is 11.2. The molecule has 1 fully saturated rings. The van der Waals surface area contributed by atoms with Gasteiger partial charge in [-0.2, -0.15) is 0 Å². The lowest BCUT2D eigenvalue weighted by Gasteiger charge is -2.26. The Morgan fingerprint density at radius 1 is 1.00 bits per heavy atom. The SMILES string of the molecule is Cc1cccc(N2C(=S)NC(c3ccccn3)C2c2ccc(-c3ccc(Br)cc3)o2)c1. The molecule has 1 N–H and O–H groups in total. The van der Waals surface area contributed by atoms with Crippen LogP contribution in [-0.2, 0) is 0 Å². The van der Waals surface area contributed by atoms with Crippen LogP contribution in [-0.4, -0.2) is 10.1 Å². The molecule has 0 amide bonds. The van der Waals surface area contributed by atoms with Gasteiger partial charge in [0, 0.05) is 21.9 Å². The molecule has 0 saturated carbocycles. The molecule has 1 aliphatic heterocycles. The van der Waals surface area contributed by atoms with Crippen LogP contribution in [0.3, 0.4) is 0 Å². The fraction of sp³-hybridized carbons (Fsp3) is 0.120. The number of benzene rings is 2. The van der Waals surface area contributed by atoms with Crippen molar-refractivity contribution in [2.24, 2.45) is 0 Å². The van der Waals surface area contributed by atoms with E-state index in [1.165, 1.54) is 5.56 Å². The minimum atomic E-state index is -0.159. The summed E-state index contributed by atoms with van der Waals surface area (Å²) >= 11 is 9.26. The zero-order chi connectivity index (χ0) is 21.4. The molecule has 154 valence electrons. The largest absolute Gasteiger partial charge is 0.459 e. The fourth-order valence-electron chi connectivity index (χ4n) is 3.98. The Kier molecular flexibility index (Phi) is 5.34. The van der Waals surface area contributed by atoms with Crippen molar-refractivity contribution in [1.82, 2.24) is 10.3 Å². The fourth-order valence-corrected chi connectivity index (χ4v) is 4.59. The van der Waals surface area contributed by atoms with E-state index in [9.17, 15) is 0 Å². The minimum Gasteiger partial charge on any atom is -0.459 e. The van der Waals surface area contributed by atoms with Gasteiger partial charge in [-0.3, -0.25) is 4.98 Å². The van der Waals surface area contributed by atoms with E-state index >= 15 is 0 Å². The number of aromatic nitrogens is 1. The van der Waals surface area contributed by atoms with Gasteiger partial charge < -0.3 is 14.6 Å². The summed E-state index contributed by atoms with van der Waals surface area (Å²) in [5.41, 5.74) is 4.16. The molecule has 0 aliphatic carbocycles. The normalized spacial score (nSPS) is 18.3.